The molecule has 0 radical (unpaired) electrons. The number of benzene rings is 1. The maximum atomic E-state index is 11.0. The van der Waals surface area contributed by atoms with Gasteiger partial charge in [0.15, 0.2) is 0 Å². The second-order valence-electron chi connectivity index (χ2n) is 2.66. The van der Waals surface area contributed by atoms with Gasteiger partial charge in [-0.2, -0.15) is 5.26 Å². The van der Waals surface area contributed by atoms with Crippen molar-refractivity contribution in [3.63, 3.8) is 0 Å². The van der Waals surface area contributed by atoms with Gasteiger partial charge in [0.25, 0.3) is 0 Å². The maximum Gasteiger partial charge on any atom is 0.249 e. The number of nitriles is 1. The minimum atomic E-state index is -0.478. The Balaban J connectivity index is 3.38. The Morgan fingerprint density at radius 3 is 2.77 bits per heavy atom. The molecule has 2 N–H and O–H groups in total. The molecule has 0 heterocycles. The number of nitrogens with zero attached hydrogens (tertiary/aromatic N) is 1. The predicted octanol–water partition coefficient (Wildman–Crippen LogP) is 1.22. The lowest BCUT2D eigenvalue weighted by Crippen LogP contribution is -2.14. The fraction of sp³-hybridized carbons (Fsp3) is 0.200. The molecule has 1 rings (SSSR count). The first-order valence-corrected chi connectivity index (χ1v) is 4.02. The molecule has 3 nitrogen and oxygen atoms in total. The standard InChI is InChI=1S/C10H10N2O/c1-2-8-7(6-11)4-3-5-9(8)10(12)13/h3-5H,2H2,1H3,(H2,12,13). The Bertz CT molecular complexity index is 377. The third kappa shape index (κ3) is 1.67. The topological polar surface area (TPSA) is 66.9 Å². The maximum absolute atomic E-state index is 11.0. The van der Waals surface area contributed by atoms with Crippen LogP contribution in [0.15, 0.2) is 18.2 Å². The van der Waals surface area contributed by atoms with E-state index in [0.717, 1.165) is 5.56 Å². The Kier molecular flexibility index (Phi) is 2.65. The van der Waals surface area contributed by atoms with Crippen molar-refractivity contribution >= 4 is 5.91 Å². The van der Waals surface area contributed by atoms with Gasteiger partial charge in [0.1, 0.15) is 0 Å². The minimum Gasteiger partial charge on any atom is -0.366 e. The van der Waals surface area contributed by atoms with Gasteiger partial charge < -0.3 is 5.73 Å². The molecule has 1 aromatic rings. The summed E-state index contributed by atoms with van der Waals surface area (Å²) in [6.45, 7) is 1.89. The predicted molar refractivity (Wildman–Crippen MR) is 49.1 cm³/mol. The largest absolute Gasteiger partial charge is 0.366 e. The summed E-state index contributed by atoms with van der Waals surface area (Å²) in [7, 11) is 0. The number of primary amides is 1. The number of nitrogens with two attached hydrogens (primary N) is 1. The van der Waals surface area contributed by atoms with E-state index in [0.29, 0.717) is 17.5 Å². The lowest BCUT2D eigenvalue weighted by molar-refractivity contribution is 0.0999. The van der Waals surface area contributed by atoms with Gasteiger partial charge in [-0.15, -0.1) is 0 Å². The second-order valence-corrected chi connectivity index (χ2v) is 2.66. The van der Waals surface area contributed by atoms with E-state index in [1.807, 2.05) is 13.0 Å². The third-order valence-corrected chi connectivity index (χ3v) is 1.92. The van der Waals surface area contributed by atoms with Gasteiger partial charge in [-0.1, -0.05) is 13.0 Å². The number of carbonyl (C=O) groups excluding carboxylic acids is 1. The van der Waals surface area contributed by atoms with Crippen molar-refractivity contribution in [2.45, 2.75) is 13.3 Å². The van der Waals surface area contributed by atoms with Crippen molar-refractivity contribution in [1.82, 2.24) is 0 Å². The average Bonchev–Trinajstić information content (AvgIpc) is 2.16. The quantitative estimate of drug-likeness (QED) is 0.732. The minimum absolute atomic E-state index is 0.446. The number of amides is 1. The Morgan fingerprint density at radius 1 is 1.62 bits per heavy atom. The van der Waals surface area contributed by atoms with Crippen LogP contribution in [0.4, 0.5) is 0 Å². The normalized spacial score (nSPS) is 9.23. The van der Waals surface area contributed by atoms with Gasteiger partial charge in [-0.25, -0.2) is 0 Å². The SMILES string of the molecule is CCc1c(C#N)cccc1C(N)=O. The highest BCUT2D eigenvalue weighted by Gasteiger charge is 2.09. The van der Waals surface area contributed by atoms with E-state index < -0.39 is 5.91 Å². The zero-order chi connectivity index (χ0) is 9.84. The molecule has 0 aliphatic rings. The van der Waals surface area contributed by atoms with E-state index in [1.165, 1.54) is 0 Å². The highest BCUT2D eigenvalue weighted by Crippen LogP contribution is 2.14. The molecule has 0 aliphatic carbocycles. The van der Waals surface area contributed by atoms with Gasteiger partial charge in [-0.05, 0) is 24.1 Å². The molecular formula is C10H10N2O. The van der Waals surface area contributed by atoms with Crippen LogP contribution in [-0.2, 0) is 6.42 Å². The molecule has 1 amide bonds. The van der Waals surface area contributed by atoms with Crippen LogP contribution in [0.1, 0.15) is 28.4 Å². The van der Waals surface area contributed by atoms with E-state index >= 15 is 0 Å². The molecule has 13 heavy (non-hydrogen) atoms. The van der Waals surface area contributed by atoms with E-state index in [1.54, 1.807) is 18.2 Å². The summed E-state index contributed by atoms with van der Waals surface area (Å²) in [5.74, 6) is -0.478. The monoisotopic (exact) mass is 174 g/mol. The summed E-state index contributed by atoms with van der Waals surface area (Å²) in [6.07, 6.45) is 0.641. The number of hydrogen-bond acceptors (Lipinski definition) is 2. The first-order chi connectivity index (χ1) is 6.20. The summed E-state index contributed by atoms with van der Waals surface area (Å²) in [5, 5.41) is 8.75. The van der Waals surface area contributed by atoms with Gasteiger partial charge in [0, 0.05) is 5.56 Å². The van der Waals surface area contributed by atoms with Crippen LogP contribution in [-0.4, -0.2) is 5.91 Å². The summed E-state index contributed by atoms with van der Waals surface area (Å²) < 4.78 is 0. The second kappa shape index (κ2) is 3.72. The summed E-state index contributed by atoms with van der Waals surface area (Å²) in [4.78, 5) is 11.0. The first kappa shape index (κ1) is 9.27. The van der Waals surface area contributed by atoms with Crippen LogP contribution in [0.2, 0.25) is 0 Å². The van der Waals surface area contributed by atoms with Crippen molar-refractivity contribution in [3.8, 4) is 6.07 Å². The smallest absolute Gasteiger partial charge is 0.249 e. The van der Waals surface area contributed by atoms with Crippen LogP contribution in [0.3, 0.4) is 0 Å². The third-order valence-electron chi connectivity index (χ3n) is 1.92. The summed E-state index contributed by atoms with van der Waals surface area (Å²) >= 11 is 0. The van der Waals surface area contributed by atoms with E-state index in [9.17, 15) is 4.79 Å². The van der Waals surface area contributed by atoms with Crippen molar-refractivity contribution in [1.29, 1.82) is 5.26 Å². The molecule has 0 aliphatic heterocycles. The molecule has 66 valence electrons. The molecule has 0 bridgehead atoms. The van der Waals surface area contributed by atoms with Crippen LogP contribution in [0.5, 0.6) is 0 Å². The van der Waals surface area contributed by atoms with Crippen LogP contribution in [0.25, 0.3) is 0 Å². The molecule has 0 spiro atoms. The number of carbonyl (C=O) groups is 1. The number of hydrogen-bond donors (Lipinski definition) is 1. The zero-order valence-electron chi connectivity index (χ0n) is 7.37. The van der Waals surface area contributed by atoms with Crippen molar-refractivity contribution in [2.75, 3.05) is 0 Å². The molecule has 1 aromatic carbocycles. The average molecular weight is 174 g/mol. The van der Waals surface area contributed by atoms with E-state index in [4.69, 9.17) is 11.0 Å². The zero-order valence-corrected chi connectivity index (χ0v) is 7.37. The molecule has 0 atom stereocenters. The summed E-state index contributed by atoms with van der Waals surface area (Å²) in [5.41, 5.74) is 6.87. The van der Waals surface area contributed by atoms with Crippen LogP contribution in [0, 0.1) is 11.3 Å². The van der Waals surface area contributed by atoms with E-state index in [2.05, 4.69) is 0 Å². The summed E-state index contributed by atoms with van der Waals surface area (Å²) in [6, 6.07) is 7.03. The fourth-order valence-electron chi connectivity index (χ4n) is 1.30. The van der Waals surface area contributed by atoms with Crippen molar-refractivity contribution in [3.05, 3.63) is 34.9 Å². The Hall–Kier alpha value is -1.82. The van der Waals surface area contributed by atoms with Crippen molar-refractivity contribution in [2.24, 2.45) is 5.73 Å². The van der Waals surface area contributed by atoms with Crippen molar-refractivity contribution < 1.29 is 4.79 Å². The molecule has 0 saturated carbocycles. The molecule has 3 heteroatoms. The highest BCUT2D eigenvalue weighted by molar-refractivity contribution is 5.94. The Labute approximate surface area is 76.8 Å². The van der Waals surface area contributed by atoms with Crippen LogP contribution >= 0.6 is 0 Å². The molecule has 0 fully saturated rings. The first-order valence-electron chi connectivity index (χ1n) is 4.02. The molecular weight excluding hydrogens is 164 g/mol. The van der Waals surface area contributed by atoms with Crippen LogP contribution < -0.4 is 5.73 Å². The van der Waals surface area contributed by atoms with Gasteiger partial charge in [-0.3, -0.25) is 4.79 Å². The lowest BCUT2D eigenvalue weighted by atomic mass is 9.99. The molecule has 0 aromatic heterocycles. The Morgan fingerprint density at radius 2 is 2.31 bits per heavy atom. The molecule has 0 unspecified atom stereocenters. The molecule has 0 saturated heterocycles. The highest BCUT2D eigenvalue weighted by atomic mass is 16.1. The van der Waals surface area contributed by atoms with Gasteiger partial charge in [0.05, 0.1) is 11.6 Å². The van der Waals surface area contributed by atoms with E-state index in [-0.39, 0.29) is 0 Å². The number of rotatable bonds is 2. The lowest BCUT2D eigenvalue weighted by Gasteiger charge is -2.04. The fourth-order valence-corrected chi connectivity index (χ4v) is 1.30. The van der Waals surface area contributed by atoms with Gasteiger partial charge >= 0.3 is 0 Å². The van der Waals surface area contributed by atoms with Gasteiger partial charge in [0.2, 0.25) is 5.91 Å².